The highest BCUT2D eigenvalue weighted by Crippen LogP contribution is 2.26. The van der Waals surface area contributed by atoms with Crippen molar-refractivity contribution < 1.29 is 19.5 Å². The smallest absolute Gasteiger partial charge is 0.328 e. The highest BCUT2D eigenvalue weighted by atomic mass is 35.5. The third-order valence-corrected chi connectivity index (χ3v) is 3.40. The highest BCUT2D eigenvalue weighted by Gasteiger charge is 2.12. The Morgan fingerprint density at radius 2 is 2.05 bits per heavy atom. The van der Waals surface area contributed by atoms with Crippen LogP contribution in [0.5, 0.6) is 0 Å². The number of hydrogen-bond acceptors (Lipinski definition) is 4. The predicted octanol–water partition coefficient (Wildman–Crippen LogP) is 1.93. The van der Waals surface area contributed by atoms with Crippen molar-refractivity contribution in [2.45, 2.75) is 13.0 Å². The number of carbonyl (C=O) groups excluding carboxylic acids is 2. The molecule has 3 N–H and O–H groups in total. The van der Waals surface area contributed by atoms with Crippen LogP contribution in [-0.2, 0) is 9.59 Å². The normalized spacial score (nSPS) is 12.1. The summed E-state index contributed by atoms with van der Waals surface area (Å²) in [5.41, 5.74) is 0. The molecule has 102 valence electrons. The maximum absolute atomic E-state index is 11.4. The molecule has 0 aliphatic carbocycles. The fourth-order valence-corrected chi connectivity index (χ4v) is 2.23. The first-order valence-electron chi connectivity index (χ1n) is 5.16. The summed E-state index contributed by atoms with van der Waals surface area (Å²) < 4.78 is 0.601. The summed E-state index contributed by atoms with van der Waals surface area (Å²) in [6.45, 7) is 1.74. The number of imide groups is 1. The Kier molecular flexibility index (Phi) is 5.53. The maximum Gasteiger partial charge on any atom is 0.328 e. The summed E-state index contributed by atoms with van der Waals surface area (Å²) in [6.07, 6.45) is 1.40. The van der Waals surface area contributed by atoms with E-state index in [0.29, 0.717) is 10.4 Å². The molecule has 0 saturated heterocycles. The second-order valence-electron chi connectivity index (χ2n) is 3.50. The quantitative estimate of drug-likeness (QED) is 0.741. The largest absolute Gasteiger partial charge is 0.478 e. The first-order valence-corrected chi connectivity index (χ1v) is 6.35. The van der Waals surface area contributed by atoms with E-state index >= 15 is 0 Å². The molecule has 6 nitrogen and oxygen atoms in total. The zero-order chi connectivity index (χ0) is 14.4. The standard InChI is InChI=1S/C11H11ClN2O4S/c1-6(7-2-3-8(12)19-7)13-11(18)14-9(15)4-5-10(16)17/h2-6H,1H3,(H,16,17)(H2,13,14,15,18). The Morgan fingerprint density at radius 1 is 1.37 bits per heavy atom. The maximum atomic E-state index is 11.4. The van der Waals surface area contributed by atoms with Crippen LogP contribution in [0.15, 0.2) is 24.3 Å². The number of halogens is 1. The second-order valence-corrected chi connectivity index (χ2v) is 5.24. The van der Waals surface area contributed by atoms with Crippen molar-refractivity contribution >= 4 is 40.8 Å². The van der Waals surface area contributed by atoms with Gasteiger partial charge in [-0.1, -0.05) is 11.6 Å². The first-order chi connectivity index (χ1) is 8.88. The molecule has 0 spiro atoms. The van der Waals surface area contributed by atoms with Gasteiger partial charge in [0, 0.05) is 17.0 Å². The molecule has 0 saturated carbocycles. The van der Waals surface area contributed by atoms with E-state index in [1.165, 1.54) is 11.3 Å². The van der Waals surface area contributed by atoms with Gasteiger partial charge in [-0.15, -0.1) is 11.3 Å². The van der Waals surface area contributed by atoms with E-state index in [2.05, 4.69) is 5.32 Å². The third-order valence-electron chi connectivity index (χ3n) is 1.98. The van der Waals surface area contributed by atoms with Crippen molar-refractivity contribution in [2.24, 2.45) is 0 Å². The minimum Gasteiger partial charge on any atom is -0.478 e. The molecule has 0 fully saturated rings. The molecule has 1 aromatic rings. The van der Waals surface area contributed by atoms with Gasteiger partial charge in [-0.3, -0.25) is 10.1 Å². The molecule has 8 heteroatoms. The molecule has 0 aromatic carbocycles. The predicted molar refractivity (Wildman–Crippen MR) is 71.2 cm³/mol. The van der Waals surface area contributed by atoms with Crippen LogP contribution in [0.25, 0.3) is 0 Å². The lowest BCUT2D eigenvalue weighted by Gasteiger charge is -2.11. The van der Waals surface area contributed by atoms with Crippen LogP contribution in [0.2, 0.25) is 4.34 Å². The zero-order valence-electron chi connectivity index (χ0n) is 9.84. The summed E-state index contributed by atoms with van der Waals surface area (Å²) in [5.74, 6) is -2.08. The Balaban J connectivity index is 2.47. The lowest BCUT2D eigenvalue weighted by atomic mass is 10.3. The van der Waals surface area contributed by atoms with Gasteiger partial charge in [0.25, 0.3) is 5.91 Å². The zero-order valence-corrected chi connectivity index (χ0v) is 11.4. The van der Waals surface area contributed by atoms with E-state index in [9.17, 15) is 14.4 Å². The van der Waals surface area contributed by atoms with Gasteiger partial charge >= 0.3 is 12.0 Å². The van der Waals surface area contributed by atoms with E-state index in [0.717, 1.165) is 11.0 Å². The van der Waals surface area contributed by atoms with Crippen LogP contribution in [0.1, 0.15) is 17.8 Å². The molecule has 0 aliphatic heterocycles. The lowest BCUT2D eigenvalue weighted by molar-refractivity contribution is -0.131. The summed E-state index contributed by atoms with van der Waals surface area (Å²) in [5, 5.41) is 12.8. The van der Waals surface area contributed by atoms with Crippen molar-refractivity contribution in [2.75, 3.05) is 0 Å². The summed E-state index contributed by atoms with van der Waals surface area (Å²) in [6, 6.07) is 2.45. The van der Waals surface area contributed by atoms with Gasteiger partial charge in [-0.2, -0.15) is 0 Å². The molecular formula is C11H11ClN2O4S. The van der Waals surface area contributed by atoms with Gasteiger partial charge in [-0.25, -0.2) is 9.59 Å². The average Bonchev–Trinajstić information content (AvgIpc) is 2.73. The number of carboxylic acids is 1. The molecule has 0 bridgehead atoms. The van der Waals surface area contributed by atoms with Gasteiger partial charge in [-0.05, 0) is 19.1 Å². The fourth-order valence-electron chi connectivity index (χ4n) is 1.17. The van der Waals surface area contributed by atoms with E-state index in [-0.39, 0.29) is 6.04 Å². The number of carboxylic acid groups (broad SMARTS) is 1. The van der Waals surface area contributed by atoms with Gasteiger partial charge in [0.05, 0.1) is 10.4 Å². The van der Waals surface area contributed by atoms with Gasteiger partial charge in [0.2, 0.25) is 0 Å². The number of amides is 3. The second kappa shape index (κ2) is 6.91. The Hall–Kier alpha value is -1.86. The minimum absolute atomic E-state index is 0.311. The number of carbonyl (C=O) groups is 3. The van der Waals surface area contributed by atoms with Crippen molar-refractivity contribution in [3.8, 4) is 0 Å². The first kappa shape index (κ1) is 15.2. The lowest BCUT2D eigenvalue weighted by Crippen LogP contribution is -2.39. The summed E-state index contributed by atoms with van der Waals surface area (Å²) >= 11 is 7.08. The molecule has 0 radical (unpaired) electrons. The van der Waals surface area contributed by atoms with Crippen molar-refractivity contribution in [1.29, 1.82) is 0 Å². The Labute approximate surface area is 118 Å². The van der Waals surface area contributed by atoms with Crippen LogP contribution in [0.4, 0.5) is 4.79 Å². The Bertz CT molecular complexity index is 527. The summed E-state index contributed by atoms with van der Waals surface area (Å²) in [4.78, 5) is 33.6. The minimum atomic E-state index is -1.27. The van der Waals surface area contributed by atoms with Crippen LogP contribution < -0.4 is 10.6 Å². The Morgan fingerprint density at radius 3 is 2.58 bits per heavy atom. The number of urea groups is 1. The molecule has 1 atom stereocenters. The number of aliphatic carboxylic acids is 1. The van der Waals surface area contributed by atoms with E-state index in [1.54, 1.807) is 19.1 Å². The van der Waals surface area contributed by atoms with Gasteiger partial charge in [0.15, 0.2) is 0 Å². The van der Waals surface area contributed by atoms with Gasteiger partial charge in [0.1, 0.15) is 0 Å². The van der Waals surface area contributed by atoms with Crippen LogP contribution in [0.3, 0.4) is 0 Å². The number of hydrogen-bond donors (Lipinski definition) is 3. The summed E-state index contributed by atoms with van der Waals surface area (Å²) in [7, 11) is 0. The number of nitrogens with one attached hydrogen (secondary N) is 2. The third kappa shape index (κ3) is 5.54. The molecule has 0 aliphatic rings. The van der Waals surface area contributed by atoms with Crippen LogP contribution in [-0.4, -0.2) is 23.0 Å². The molecule has 1 aromatic heterocycles. The molecule has 1 unspecified atom stereocenters. The van der Waals surface area contributed by atoms with Crippen LogP contribution >= 0.6 is 22.9 Å². The fraction of sp³-hybridized carbons (Fsp3) is 0.182. The van der Waals surface area contributed by atoms with Crippen LogP contribution in [0, 0.1) is 0 Å². The van der Waals surface area contributed by atoms with E-state index in [4.69, 9.17) is 16.7 Å². The SMILES string of the molecule is CC(NC(=O)NC(=O)C=CC(=O)O)c1ccc(Cl)s1. The van der Waals surface area contributed by atoms with Crippen molar-refractivity contribution in [3.63, 3.8) is 0 Å². The van der Waals surface area contributed by atoms with E-state index < -0.39 is 17.9 Å². The van der Waals surface area contributed by atoms with Crippen molar-refractivity contribution in [1.82, 2.24) is 10.6 Å². The highest BCUT2D eigenvalue weighted by molar-refractivity contribution is 7.16. The average molecular weight is 303 g/mol. The number of thiophene rings is 1. The molecular weight excluding hydrogens is 292 g/mol. The molecule has 19 heavy (non-hydrogen) atoms. The monoisotopic (exact) mass is 302 g/mol. The molecule has 3 amide bonds. The molecule has 1 rings (SSSR count). The van der Waals surface area contributed by atoms with E-state index in [1.807, 2.05) is 5.32 Å². The topological polar surface area (TPSA) is 95.5 Å². The molecule has 1 heterocycles. The van der Waals surface area contributed by atoms with Gasteiger partial charge < -0.3 is 10.4 Å². The number of rotatable bonds is 4. The van der Waals surface area contributed by atoms with Crippen molar-refractivity contribution in [3.05, 3.63) is 33.5 Å².